The molecule has 3 fully saturated rings. The van der Waals surface area contributed by atoms with Gasteiger partial charge < -0.3 is 4.74 Å². The van der Waals surface area contributed by atoms with Gasteiger partial charge in [0.05, 0.1) is 6.07 Å². The Kier molecular flexibility index (Phi) is 3.08. The van der Waals surface area contributed by atoms with Crippen molar-refractivity contribution in [1.82, 2.24) is 0 Å². The van der Waals surface area contributed by atoms with Gasteiger partial charge in [-0.2, -0.15) is 5.26 Å². The molecule has 2 heteroatoms. The van der Waals surface area contributed by atoms with Crippen LogP contribution >= 0.6 is 0 Å². The van der Waals surface area contributed by atoms with Crippen molar-refractivity contribution in [3.05, 3.63) is 0 Å². The van der Waals surface area contributed by atoms with E-state index in [4.69, 9.17) is 10.00 Å². The van der Waals surface area contributed by atoms with Gasteiger partial charge in [0.25, 0.3) is 0 Å². The molecule has 0 radical (unpaired) electrons. The molecule has 0 aromatic carbocycles. The highest BCUT2D eigenvalue weighted by molar-refractivity contribution is 4.98. The van der Waals surface area contributed by atoms with Crippen LogP contribution in [-0.2, 0) is 4.74 Å². The molecule has 0 N–H and O–H groups in total. The highest BCUT2D eigenvalue weighted by Crippen LogP contribution is 2.46. The zero-order valence-corrected chi connectivity index (χ0v) is 8.91. The van der Waals surface area contributed by atoms with Crippen molar-refractivity contribution < 1.29 is 4.74 Å². The van der Waals surface area contributed by atoms with Crippen molar-refractivity contribution in [3.63, 3.8) is 0 Å². The summed E-state index contributed by atoms with van der Waals surface area (Å²) in [6, 6.07) is 2.34. The van der Waals surface area contributed by atoms with E-state index in [0.717, 1.165) is 11.8 Å². The number of hydrogen-bond donors (Lipinski definition) is 0. The number of nitriles is 1. The molecule has 0 aromatic rings. The third-order valence-corrected chi connectivity index (χ3v) is 3.96. The minimum Gasteiger partial charge on any atom is -0.363 e. The molecule has 3 aliphatic carbocycles. The van der Waals surface area contributed by atoms with Crippen molar-refractivity contribution in [2.24, 2.45) is 17.8 Å². The number of hydrogen-bond acceptors (Lipinski definition) is 2. The van der Waals surface area contributed by atoms with Gasteiger partial charge in [0.2, 0.25) is 0 Å². The van der Waals surface area contributed by atoms with Crippen LogP contribution in [0.3, 0.4) is 0 Å². The molecule has 0 aliphatic heterocycles. The Morgan fingerprint density at radius 1 is 1.36 bits per heavy atom. The quantitative estimate of drug-likeness (QED) is 0.690. The monoisotopic (exact) mass is 193 g/mol. The predicted molar refractivity (Wildman–Crippen MR) is 54.6 cm³/mol. The molecule has 2 nitrogen and oxygen atoms in total. The fourth-order valence-electron chi connectivity index (χ4n) is 3.24. The van der Waals surface area contributed by atoms with Crippen LogP contribution in [0, 0.1) is 29.1 Å². The standard InChI is InChI=1S/C12H19NO/c1-2-14-12(8-13)11-7-9-3-5-10(11)6-4-9/h9-12H,2-7H2,1H3. The van der Waals surface area contributed by atoms with E-state index < -0.39 is 0 Å². The molecule has 14 heavy (non-hydrogen) atoms. The van der Waals surface area contributed by atoms with Gasteiger partial charge in [-0.15, -0.1) is 0 Å². The molecular weight excluding hydrogens is 174 g/mol. The van der Waals surface area contributed by atoms with E-state index in [-0.39, 0.29) is 6.10 Å². The van der Waals surface area contributed by atoms with Gasteiger partial charge >= 0.3 is 0 Å². The van der Waals surface area contributed by atoms with Crippen LogP contribution in [0.2, 0.25) is 0 Å². The van der Waals surface area contributed by atoms with Crippen LogP contribution in [-0.4, -0.2) is 12.7 Å². The maximum absolute atomic E-state index is 9.06. The summed E-state index contributed by atoms with van der Waals surface area (Å²) < 4.78 is 5.52. The number of fused-ring (bicyclic) bond motifs is 3. The van der Waals surface area contributed by atoms with Crippen LogP contribution in [0.5, 0.6) is 0 Å². The summed E-state index contributed by atoms with van der Waals surface area (Å²) in [4.78, 5) is 0. The first-order valence-corrected chi connectivity index (χ1v) is 5.86. The van der Waals surface area contributed by atoms with E-state index in [9.17, 15) is 0 Å². The maximum atomic E-state index is 9.06. The fourth-order valence-corrected chi connectivity index (χ4v) is 3.24. The van der Waals surface area contributed by atoms with E-state index in [2.05, 4.69) is 6.07 Å². The van der Waals surface area contributed by atoms with Crippen LogP contribution < -0.4 is 0 Å². The Labute approximate surface area is 86.2 Å². The molecule has 3 rings (SSSR count). The molecule has 2 atom stereocenters. The van der Waals surface area contributed by atoms with Gasteiger partial charge in [0.1, 0.15) is 6.10 Å². The second-order valence-corrected chi connectivity index (χ2v) is 4.69. The third kappa shape index (κ3) is 1.79. The van der Waals surface area contributed by atoms with Crippen molar-refractivity contribution >= 4 is 0 Å². The molecular formula is C12H19NO. The lowest BCUT2D eigenvalue weighted by Crippen LogP contribution is -2.38. The van der Waals surface area contributed by atoms with Crippen LogP contribution in [0.15, 0.2) is 0 Å². The highest BCUT2D eigenvalue weighted by Gasteiger charge is 2.39. The molecule has 2 unspecified atom stereocenters. The summed E-state index contributed by atoms with van der Waals surface area (Å²) in [7, 11) is 0. The van der Waals surface area contributed by atoms with E-state index in [1.165, 1.54) is 32.1 Å². The Morgan fingerprint density at radius 2 is 2.07 bits per heavy atom. The topological polar surface area (TPSA) is 33.0 Å². The van der Waals surface area contributed by atoms with Crippen LogP contribution in [0.1, 0.15) is 39.0 Å². The zero-order chi connectivity index (χ0) is 9.97. The zero-order valence-electron chi connectivity index (χ0n) is 8.91. The van der Waals surface area contributed by atoms with E-state index in [0.29, 0.717) is 12.5 Å². The first-order chi connectivity index (χ1) is 6.85. The van der Waals surface area contributed by atoms with Gasteiger partial charge in [0.15, 0.2) is 0 Å². The SMILES string of the molecule is CCOC(C#N)C1CC2CCC1CC2. The summed E-state index contributed by atoms with van der Waals surface area (Å²) >= 11 is 0. The van der Waals surface area contributed by atoms with Gasteiger partial charge in [0, 0.05) is 12.5 Å². The minimum absolute atomic E-state index is 0.131. The molecule has 0 amide bonds. The van der Waals surface area contributed by atoms with Crippen molar-refractivity contribution in [2.75, 3.05) is 6.61 Å². The van der Waals surface area contributed by atoms with E-state index in [1.54, 1.807) is 0 Å². The average molecular weight is 193 g/mol. The van der Waals surface area contributed by atoms with E-state index in [1.807, 2.05) is 6.92 Å². The largest absolute Gasteiger partial charge is 0.363 e. The maximum Gasteiger partial charge on any atom is 0.147 e. The lowest BCUT2D eigenvalue weighted by molar-refractivity contribution is -0.0171. The molecule has 3 saturated carbocycles. The summed E-state index contributed by atoms with van der Waals surface area (Å²) in [6.45, 7) is 2.65. The van der Waals surface area contributed by atoms with Crippen LogP contribution in [0.4, 0.5) is 0 Å². The number of rotatable bonds is 3. The predicted octanol–water partition coefficient (Wildman–Crippen LogP) is 2.74. The molecule has 3 aliphatic rings. The van der Waals surface area contributed by atoms with Crippen LogP contribution in [0.25, 0.3) is 0 Å². The summed E-state index contributed by atoms with van der Waals surface area (Å²) in [6.07, 6.45) is 6.56. The molecule has 0 saturated heterocycles. The third-order valence-electron chi connectivity index (χ3n) is 3.96. The second-order valence-electron chi connectivity index (χ2n) is 4.69. The average Bonchev–Trinajstić information content (AvgIpc) is 2.27. The first kappa shape index (κ1) is 9.98. The first-order valence-electron chi connectivity index (χ1n) is 5.86. The van der Waals surface area contributed by atoms with Gasteiger partial charge in [-0.3, -0.25) is 0 Å². The fraction of sp³-hybridized carbons (Fsp3) is 0.917. The number of nitrogens with zero attached hydrogens (tertiary/aromatic N) is 1. The lowest BCUT2D eigenvalue weighted by atomic mass is 9.63. The minimum atomic E-state index is -0.131. The van der Waals surface area contributed by atoms with E-state index >= 15 is 0 Å². The van der Waals surface area contributed by atoms with Gasteiger partial charge in [-0.25, -0.2) is 0 Å². The smallest absolute Gasteiger partial charge is 0.147 e. The lowest BCUT2D eigenvalue weighted by Gasteiger charge is -2.43. The summed E-state index contributed by atoms with van der Waals surface area (Å²) in [5, 5.41) is 9.06. The Balaban J connectivity index is 2.00. The molecule has 0 spiro atoms. The Bertz CT molecular complexity index is 225. The second kappa shape index (κ2) is 4.31. The van der Waals surface area contributed by atoms with Crippen molar-refractivity contribution in [2.45, 2.75) is 45.1 Å². The Morgan fingerprint density at radius 3 is 2.50 bits per heavy atom. The van der Waals surface area contributed by atoms with Gasteiger partial charge in [-0.1, -0.05) is 12.8 Å². The number of ether oxygens (including phenoxy) is 1. The van der Waals surface area contributed by atoms with Crippen molar-refractivity contribution in [1.29, 1.82) is 5.26 Å². The molecule has 78 valence electrons. The van der Waals surface area contributed by atoms with Gasteiger partial charge in [-0.05, 0) is 38.0 Å². The Hall–Kier alpha value is -0.550. The molecule has 0 heterocycles. The summed E-state index contributed by atoms with van der Waals surface area (Å²) in [5.74, 6) is 2.20. The summed E-state index contributed by atoms with van der Waals surface area (Å²) in [5.41, 5.74) is 0. The normalized spacial score (nSPS) is 37.9. The molecule has 0 aromatic heterocycles. The molecule has 2 bridgehead atoms. The van der Waals surface area contributed by atoms with Crippen molar-refractivity contribution in [3.8, 4) is 6.07 Å². The highest BCUT2D eigenvalue weighted by atomic mass is 16.5.